The molecular formula is C11H10N4O3. The van der Waals surface area contributed by atoms with Crippen molar-refractivity contribution in [1.29, 1.82) is 0 Å². The van der Waals surface area contributed by atoms with Gasteiger partial charge < -0.3 is 5.73 Å². The van der Waals surface area contributed by atoms with Crippen LogP contribution in [0.4, 0.5) is 11.4 Å². The number of anilines is 1. The van der Waals surface area contributed by atoms with Crippen LogP contribution in [-0.4, -0.2) is 14.5 Å². The van der Waals surface area contributed by atoms with Crippen LogP contribution in [0, 0.1) is 10.1 Å². The number of rotatable bonds is 3. The van der Waals surface area contributed by atoms with Crippen molar-refractivity contribution in [3.63, 3.8) is 0 Å². The molecule has 1 heterocycles. The molecule has 2 aromatic rings. The molecule has 0 fully saturated rings. The molecule has 0 atom stereocenters. The summed E-state index contributed by atoms with van der Waals surface area (Å²) in [5, 5.41) is 10.6. The number of hydrogen-bond donors (Lipinski definition) is 1. The molecule has 92 valence electrons. The fourth-order valence-corrected chi connectivity index (χ4v) is 1.47. The third-order valence-electron chi connectivity index (χ3n) is 2.38. The first-order valence-corrected chi connectivity index (χ1v) is 5.11. The van der Waals surface area contributed by atoms with Gasteiger partial charge in [0, 0.05) is 5.69 Å². The van der Waals surface area contributed by atoms with Crippen molar-refractivity contribution in [3.05, 3.63) is 62.8 Å². The Kier molecular flexibility index (Phi) is 3.05. The molecule has 0 aliphatic carbocycles. The average Bonchev–Trinajstić information content (AvgIpc) is 2.34. The van der Waals surface area contributed by atoms with E-state index in [0.29, 0.717) is 5.69 Å². The molecule has 2 rings (SSSR count). The van der Waals surface area contributed by atoms with Crippen LogP contribution >= 0.6 is 0 Å². The second kappa shape index (κ2) is 4.66. The standard InChI is InChI=1S/C11H10N4O3/c12-9-3-1-8(2-4-9)6-14-7-10(15(17)18)5-13-11(14)16/h1-5,7H,6,12H2. The zero-order valence-electron chi connectivity index (χ0n) is 9.31. The van der Waals surface area contributed by atoms with Crippen molar-refractivity contribution in [3.8, 4) is 0 Å². The van der Waals surface area contributed by atoms with Crippen LogP contribution in [-0.2, 0) is 6.54 Å². The summed E-state index contributed by atoms with van der Waals surface area (Å²) in [7, 11) is 0. The van der Waals surface area contributed by atoms with E-state index < -0.39 is 10.6 Å². The van der Waals surface area contributed by atoms with Gasteiger partial charge in [-0.1, -0.05) is 12.1 Å². The van der Waals surface area contributed by atoms with E-state index in [9.17, 15) is 14.9 Å². The molecule has 1 aromatic heterocycles. The number of nitrogens with zero attached hydrogens (tertiary/aromatic N) is 3. The van der Waals surface area contributed by atoms with Crippen molar-refractivity contribution in [2.24, 2.45) is 0 Å². The summed E-state index contributed by atoms with van der Waals surface area (Å²) >= 11 is 0. The zero-order chi connectivity index (χ0) is 13.1. The molecule has 0 saturated heterocycles. The molecule has 0 amide bonds. The lowest BCUT2D eigenvalue weighted by Gasteiger charge is -2.04. The average molecular weight is 246 g/mol. The minimum Gasteiger partial charge on any atom is -0.399 e. The molecule has 18 heavy (non-hydrogen) atoms. The minimum atomic E-state index is -0.591. The Labute approximate surface area is 102 Å². The summed E-state index contributed by atoms with van der Waals surface area (Å²) in [6, 6.07) is 6.90. The summed E-state index contributed by atoms with van der Waals surface area (Å²) in [6.45, 7) is 0.216. The highest BCUT2D eigenvalue weighted by Gasteiger charge is 2.09. The van der Waals surface area contributed by atoms with E-state index in [-0.39, 0.29) is 12.2 Å². The number of nitrogens with two attached hydrogens (primary N) is 1. The van der Waals surface area contributed by atoms with E-state index in [4.69, 9.17) is 5.73 Å². The van der Waals surface area contributed by atoms with Crippen molar-refractivity contribution >= 4 is 11.4 Å². The van der Waals surface area contributed by atoms with Crippen LogP contribution in [0.3, 0.4) is 0 Å². The molecule has 7 heteroatoms. The molecule has 0 spiro atoms. The van der Waals surface area contributed by atoms with E-state index in [1.165, 1.54) is 10.8 Å². The smallest absolute Gasteiger partial charge is 0.348 e. The van der Waals surface area contributed by atoms with Gasteiger partial charge in [-0.2, -0.15) is 4.98 Å². The quantitative estimate of drug-likeness (QED) is 0.489. The van der Waals surface area contributed by atoms with Crippen molar-refractivity contribution in [2.45, 2.75) is 6.54 Å². The van der Waals surface area contributed by atoms with E-state index >= 15 is 0 Å². The van der Waals surface area contributed by atoms with Crippen LogP contribution < -0.4 is 11.4 Å². The Morgan fingerprint density at radius 2 is 2.00 bits per heavy atom. The first-order chi connectivity index (χ1) is 8.56. The molecule has 0 saturated carbocycles. The largest absolute Gasteiger partial charge is 0.399 e. The number of benzene rings is 1. The minimum absolute atomic E-state index is 0.216. The summed E-state index contributed by atoms with van der Waals surface area (Å²) < 4.78 is 1.18. The predicted molar refractivity (Wildman–Crippen MR) is 65.1 cm³/mol. The third kappa shape index (κ3) is 2.51. The maximum absolute atomic E-state index is 11.5. The highest BCUT2D eigenvalue weighted by molar-refractivity contribution is 5.39. The fraction of sp³-hybridized carbons (Fsp3) is 0.0909. The maximum Gasteiger partial charge on any atom is 0.348 e. The molecule has 1 aromatic carbocycles. The monoisotopic (exact) mass is 246 g/mol. The van der Waals surface area contributed by atoms with Gasteiger partial charge in [-0.25, -0.2) is 4.79 Å². The molecule has 0 bridgehead atoms. The maximum atomic E-state index is 11.5. The van der Waals surface area contributed by atoms with Crippen LogP contribution in [0.1, 0.15) is 5.56 Å². The molecule has 0 aliphatic rings. The van der Waals surface area contributed by atoms with Crippen LogP contribution in [0.5, 0.6) is 0 Å². The van der Waals surface area contributed by atoms with Gasteiger partial charge in [-0.15, -0.1) is 0 Å². The Hall–Kier alpha value is -2.70. The lowest BCUT2D eigenvalue weighted by molar-refractivity contribution is -0.385. The van der Waals surface area contributed by atoms with Gasteiger partial charge in [0.25, 0.3) is 0 Å². The second-order valence-electron chi connectivity index (χ2n) is 3.72. The Morgan fingerprint density at radius 1 is 1.33 bits per heavy atom. The molecular weight excluding hydrogens is 236 g/mol. The van der Waals surface area contributed by atoms with Gasteiger partial charge >= 0.3 is 11.4 Å². The fourth-order valence-electron chi connectivity index (χ4n) is 1.47. The van der Waals surface area contributed by atoms with E-state index in [2.05, 4.69) is 4.98 Å². The molecule has 2 N–H and O–H groups in total. The summed E-state index contributed by atoms with van der Waals surface area (Å²) in [5.74, 6) is 0. The molecule has 0 radical (unpaired) electrons. The van der Waals surface area contributed by atoms with E-state index in [1.807, 2.05) is 0 Å². The van der Waals surface area contributed by atoms with Crippen molar-refractivity contribution < 1.29 is 4.92 Å². The van der Waals surface area contributed by atoms with Gasteiger partial charge in [0.2, 0.25) is 0 Å². The molecule has 0 aliphatic heterocycles. The van der Waals surface area contributed by atoms with Gasteiger partial charge in [-0.3, -0.25) is 14.7 Å². The first-order valence-electron chi connectivity index (χ1n) is 5.11. The van der Waals surface area contributed by atoms with Crippen molar-refractivity contribution in [1.82, 2.24) is 9.55 Å². The number of aromatic nitrogens is 2. The Bertz CT molecular complexity index is 633. The SMILES string of the molecule is Nc1ccc(Cn2cc([N+](=O)[O-])cnc2=O)cc1. The van der Waals surface area contributed by atoms with E-state index in [0.717, 1.165) is 11.8 Å². The highest BCUT2D eigenvalue weighted by atomic mass is 16.6. The second-order valence-corrected chi connectivity index (χ2v) is 3.72. The van der Waals surface area contributed by atoms with Gasteiger partial charge in [0.15, 0.2) is 0 Å². The number of hydrogen-bond acceptors (Lipinski definition) is 5. The zero-order valence-corrected chi connectivity index (χ0v) is 9.31. The Morgan fingerprint density at radius 3 is 2.61 bits per heavy atom. The third-order valence-corrected chi connectivity index (χ3v) is 2.38. The highest BCUT2D eigenvalue weighted by Crippen LogP contribution is 2.09. The lowest BCUT2D eigenvalue weighted by atomic mass is 10.2. The van der Waals surface area contributed by atoms with Crippen LogP contribution in [0.15, 0.2) is 41.5 Å². The molecule has 0 unspecified atom stereocenters. The summed E-state index contributed by atoms with van der Waals surface area (Å²) in [6.07, 6.45) is 2.12. The first kappa shape index (κ1) is 11.8. The summed E-state index contributed by atoms with van der Waals surface area (Å²) in [5.41, 5.74) is 6.22. The van der Waals surface area contributed by atoms with Crippen LogP contribution in [0.25, 0.3) is 0 Å². The summed E-state index contributed by atoms with van der Waals surface area (Å²) in [4.78, 5) is 24.9. The normalized spacial score (nSPS) is 10.2. The van der Waals surface area contributed by atoms with Gasteiger partial charge in [-0.05, 0) is 17.7 Å². The van der Waals surface area contributed by atoms with E-state index in [1.54, 1.807) is 24.3 Å². The lowest BCUT2D eigenvalue weighted by Crippen LogP contribution is -2.23. The number of nitro groups is 1. The van der Waals surface area contributed by atoms with Gasteiger partial charge in [0.1, 0.15) is 6.20 Å². The van der Waals surface area contributed by atoms with Crippen molar-refractivity contribution in [2.75, 3.05) is 5.73 Å². The predicted octanol–water partition coefficient (Wildman–Crippen LogP) is 0.782. The topological polar surface area (TPSA) is 104 Å². The Balaban J connectivity index is 2.33. The molecule has 7 nitrogen and oxygen atoms in total. The van der Waals surface area contributed by atoms with Gasteiger partial charge in [0.05, 0.1) is 17.7 Å². The van der Waals surface area contributed by atoms with Crippen LogP contribution in [0.2, 0.25) is 0 Å². The number of nitrogen functional groups attached to an aromatic ring is 1.